The summed E-state index contributed by atoms with van der Waals surface area (Å²) in [6.45, 7) is 8.34. The molecule has 1 amide bonds. The van der Waals surface area contributed by atoms with E-state index in [0.717, 1.165) is 31.5 Å². The molecular weight excluding hydrogens is 322 g/mol. The van der Waals surface area contributed by atoms with Crippen LogP contribution in [0.4, 0.5) is 4.79 Å². The van der Waals surface area contributed by atoms with E-state index in [4.69, 9.17) is 4.74 Å². The van der Waals surface area contributed by atoms with Gasteiger partial charge >= 0.3 is 6.09 Å². The summed E-state index contributed by atoms with van der Waals surface area (Å²) in [6.07, 6.45) is 1.63. The molecular formula is C18H29N3O4. The van der Waals surface area contributed by atoms with E-state index in [9.17, 15) is 9.59 Å². The Morgan fingerprint density at radius 3 is 2.44 bits per heavy atom. The van der Waals surface area contributed by atoms with E-state index in [1.807, 2.05) is 51.1 Å². The van der Waals surface area contributed by atoms with Gasteiger partial charge in [-0.05, 0) is 52.3 Å². The van der Waals surface area contributed by atoms with Crippen LogP contribution in [0.1, 0.15) is 39.2 Å². The minimum Gasteiger partial charge on any atom is -0.463 e. The van der Waals surface area contributed by atoms with Gasteiger partial charge in [0.1, 0.15) is 12.2 Å². The summed E-state index contributed by atoms with van der Waals surface area (Å²) in [7, 11) is 0. The summed E-state index contributed by atoms with van der Waals surface area (Å²) < 4.78 is 9.64. The molecule has 0 spiro atoms. The van der Waals surface area contributed by atoms with E-state index in [-0.39, 0.29) is 0 Å². The van der Waals surface area contributed by atoms with Gasteiger partial charge in [-0.3, -0.25) is 10.2 Å². The predicted molar refractivity (Wildman–Crippen MR) is 95.7 cm³/mol. The summed E-state index contributed by atoms with van der Waals surface area (Å²) in [4.78, 5) is 21.0. The van der Waals surface area contributed by atoms with Crippen molar-refractivity contribution < 1.29 is 19.1 Å². The molecule has 0 radical (unpaired) electrons. The molecule has 1 heterocycles. The molecule has 3 N–H and O–H groups in total. The predicted octanol–water partition coefficient (Wildman–Crippen LogP) is 2.13. The van der Waals surface area contributed by atoms with Crippen LogP contribution in [0.5, 0.6) is 0 Å². The normalized spacial score (nSPS) is 14.7. The van der Waals surface area contributed by atoms with Gasteiger partial charge in [0, 0.05) is 6.04 Å². The minimum absolute atomic E-state index is 0.346. The molecule has 0 aromatic heterocycles. The first kappa shape index (κ1) is 20.9. The smallest absolute Gasteiger partial charge is 0.422 e. The van der Waals surface area contributed by atoms with E-state index in [0.29, 0.717) is 19.1 Å². The van der Waals surface area contributed by atoms with E-state index in [2.05, 4.69) is 20.9 Å². The first-order valence-electron chi connectivity index (χ1n) is 8.45. The Labute approximate surface area is 149 Å². The molecule has 7 nitrogen and oxygen atoms in total. The lowest BCUT2D eigenvalue weighted by Crippen LogP contribution is -2.49. The molecule has 0 aliphatic carbocycles. The highest BCUT2D eigenvalue weighted by atomic mass is 16.6. The van der Waals surface area contributed by atoms with Crippen LogP contribution in [0, 0.1) is 0 Å². The van der Waals surface area contributed by atoms with Gasteiger partial charge in [-0.1, -0.05) is 30.3 Å². The van der Waals surface area contributed by atoms with Crippen molar-refractivity contribution in [3.63, 3.8) is 0 Å². The molecule has 140 valence electrons. The van der Waals surface area contributed by atoms with Crippen molar-refractivity contribution in [1.82, 2.24) is 16.2 Å². The highest BCUT2D eigenvalue weighted by Gasteiger charge is 2.18. The first-order chi connectivity index (χ1) is 11.9. The highest BCUT2D eigenvalue weighted by molar-refractivity contribution is 5.67. The topological polar surface area (TPSA) is 88.7 Å². The second-order valence-corrected chi connectivity index (χ2v) is 6.69. The fourth-order valence-corrected chi connectivity index (χ4v) is 2.14. The van der Waals surface area contributed by atoms with Gasteiger partial charge < -0.3 is 14.8 Å². The number of nitrogens with one attached hydrogen (secondary N) is 3. The van der Waals surface area contributed by atoms with Gasteiger partial charge in [0.05, 0.1) is 0 Å². The van der Waals surface area contributed by atoms with Gasteiger partial charge in [-0.15, -0.1) is 0 Å². The second kappa shape index (κ2) is 11.4. The Hall–Kier alpha value is -2.12. The molecule has 0 bridgehead atoms. The third kappa shape index (κ3) is 11.1. The standard InChI is InChI=1S/C10H21N3O2.C8H8O2/c1-10(2,3)15-9(14)13-12-8-4-6-11-7-5-8;9-7-10-6-8-4-2-1-3-5-8/h8,11-12H,4-7H2,1-3H3,(H,13,14);1-5,7H,6H2. The van der Waals surface area contributed by atoms with Crippen LogP contribution < -0.4 is 16.2 Å². The summed E-state index contributed by atoms with van der Waals surface area (Å²) in [5.41, 5.74) is 6.11. The zero-order chi connectivity index (χ0) is 18.5. The Morgan fingerprint density at radius 1 is 1.24 bits per heavy atom. The van der Waals surface area contributed by atoms with E-state index >= 15 is 0 Å². The van der Waals surface area contributed by atoms with Crippen LogP contribution in [0.2, 0.25) is 0 Å². The Morgan fingerprint density at radius 2 is 1.88 bits per heavy atom. The number of carbonyl (C=O) groups is 2. The SMILES string of the molecule is CC(C)(C)OC(=O)NNC1CCNCC1.O=COCc1ccccc1. The number of piperidine rings is 1. The summed E-state index contributed by atoms with van der Waals surface area (Å²) in [5, 5.41) is 3.26. The number of carbonyl (C=O) groups excluding carboxylic acids is 2. The maximum atomic E-state index is 11.3. The van der Waals surface area contributed by atoms with E-state index in [1.54, 1.807) is 0 Å². The summed E-state index contributed by atoms with van der Waals surface area (Å²) in [6, 6.07) is 9.89. The zero-order valence-corrected chi connectivity index (χ0v) is 15.2. The molecule has 2 rings (SSSR count). The van der Waals surface area contributed by atoms with E-state index < -0.39 is 11.7 Å². The Balaban J connectivity index is 0.000000271. The van der Waals surface area contributed by atoms with Crippen molar-refractivity contribution in [2.45, 2.75) is 51.9 Å². The van der Waals surface area contributed by atoms with Crippen LogP contribution in [-0.4, -0.2) is 37.3 Å². The van der Waals surface area contributed by atoms with Crippen molar-refractivity contribution in [2.24, 2.45) is 0 Å². The lowest BCUT2D eigenvalue weighted by molar-refractivity contribution is -0.129. The third-order valence-corrected chi connectivity index (χ3v) is 3.28. The van der Waals surface area contributed by atoms with Crippen molar-refractivity contribution in [2.75, 3.05) is 13.1 Å². The van der Waals surface area contributed by atoms with Crippen LogP contribution in [-0.2, 0) is 20.9 Å². The van der Waals surface area contributed by atoms with Crippen LogP contribution in [0.3, 0.4) is 0 Å². The van der Waals surface area contributed by atoms with Crippen LogP contribution in [0.25, 0.3) is 0 Å². The van der Waals surface area contributed by atoms with Gasteiger partial charge in [-0.25, -0.2) is 10.2 Å². The lowest BCUT2D eigenvalue weighted by atomic mass is 10.1. The average Bonchev–Trinajstić information content (AvgIpc) is 2.59. The van der Waals surface area contributed by atoms with Gasteiger partial charge in [0.25, 0.3) is 6.47 Å². The quantitative estimate of drug-likeness (QED) is 0.556. The number of ether oxygens (including phenoxy) is 2. The van der Waals surface area contributed by atoms with Crippen LogP contribution >= 0.6 is 0 Å². The molecule has 1 aromatic rings. The molecule has 0 saturated carbocycles. The molecule has 1 aliphatic heterocycles. The van der Waals surface area contributed by atoms with Crippen molar-refractivity contribution in [1.29, 1.82) is 0 Å². The van der Waals surface area contributed by atoms with Gasteiger partial charge in [0.15, 0.2) is 0 Å². The fourth-order valence-electron chi connectivity index (χ4n) is 2.14. The maximum absolute atomic E-state index is 11.3. The molecule has 1 fully saturated rings. The molecule has 25 heavy (non-hydrogen) atoms. The summed E-state index contributed by atoms with van der Waals surface area (Å²) >= 11 is 0. The second-order valence-electron chi connectivity index (χ2n) is 6.69. The van der Waals surface area contributed by atoms with E-state index in [1.165, 1.54) is 0 Å². The number of amides is 1. The van der Waals surface area contributed by atoms with Gasteiger partial charge in [0.2, 0.25) is 0 Å². The number of hydrogen-bond donors (Lipinski definition) is 3. The van der Waals surface area contributed by atoms with Crippen molar-refractivity contribution >= 4 is 12.6 Å². The van der Waals surface area contributed by atoms with Gasteiger partial charge in [-0.2, -0.15) is 0 Å². The zero-order valence-electron chi connectivity index (χ0n) is 15.2. The molecule has 1 aromatic carbocycles. The summed E-state index contributed by atoms with van der Waals surface area (Å²) in [5.74, 6) is 0. The molecule has 0 unspecified atom stereocenters. The monoisotopic (exact) mass is 351 g/mol. The number of hydrogen-bond acceptors (Lipinski definition) is 6. The lowest BCUT2D eigenvalue weighted by Gasteiger charge is -2.25. The Kier molecular flexibility index (Phi) is 9.57. The van der Waals surface area contributed by atoms with Crippen LogP contribution in [0.15, 0.2) is 30.3 Å². The molecule has 7 heteroatoms. The fraction of sp³-hybridized carbons (Fsp3) is 0.556. The minimum atomic E-state index is -0.445. The first-order valence-corrected chi connectivity index (χ1v) is 8.45. The number of benzene rings is 1. The highest BCUT2D eigenvalue weighted by Crippen LogP contribution is 2.06. The number of rotatable bonds is 5. The maximum Gasteiger partial charge on any atom is 0.422 e. The molecule has 1 aliphatic rings. The molecule has 1 saturated heterocycles. The Bertz CT molecular complexity index is 497. The number of hydrazine groups is 1. The van der Waals surface area contributed by atoms with Crippen molar-refractivity contribution in [3.8, 4) is 0 Å². The average molecular weight is 351 g/mol. The third-order valence-electron chi connectivity index (χ3n) is 3.28. The molecule has 0 atom stereocenters. The van der Waals surface area contributed by atoms with Crippen molar-refractivity contribution in [3.05, 3.63) is 35.9 Å². The largest absolute Gasteiger partial charge is 0.463 e.